The standard InChI is InChI=1S/C15H26N2O3/c1-15(2,9-13(18)19)16-14(20)17-8-7-11-5-3-4-6-12(11)10-17/h11-12H,3-10H2,1-2H3,(H,16,20)(H,18,19). The number of nitrogens with zero attached hydrogens (tertiary/aromatic N) is 1. The lowest BCUT2D eigenvalue weighted by Gasteiger charge is -2.42. The van der Waals surface area contributed by atoms with Gasteiger partial charge in [0.25, 0.3) is 0 Å². The van der Waals surface area contributed by atoms with Crippen molar-refractivity contribution in [2.75, 3.05) is 13.1 Å². The maximum atomic E-state index is 12.3. The maximum Gasteiger partial charge on any atom is 0.317 e. The van der Waals surface area contributed by atoms with Crippen LogP contribution < -0.4 is 5.32 Å². The van der Waals surface area contributed by atoms with Gasteiger partial charge < -0.3 is 15.3 Å². The molecule has 1 saturated carbocycles. The molecule has 1 heterocycles. The van der Waals surface area contributed by atoms with Gasteiger partial charge in [0, 0.05) is 18.6 Å². The summed E-state index contributed by atoms with van der Waals surface area (Å²) in [5, 5.41) is 11.7. The van der Waals surface area contributed by atoms with Crippen molar-refractivity contribution in [3.8, 4) is 0 Å². The highest BCUT2D eigenvalue weighted by molar-refractivity contribution is 5.76. The first-order valence-electron chi connectivity index (χ1n) is 7.66. The summed E-state index contributed by atoms with van der Waals surface area (Å²) in [6.07, 6.45) is 6.19. The third-order valence-electron chi connectivity index (χ3n) is 4.62. The summed E-state index contributed by atoms with van der Waals surface area (Å²) < 4.78 is 0. The second kappa shape index (κ2) is 6.02. The van der Waals surface area contributed by atoms with Gasteiger partial charge in [0.1, 0.15) is 0 Å². The van der Waals surface area contributed by atoms with Crippen LogP contribution in [0.1, 0.15) is 52.4 Å². The first kappa shape index (κ1) is 15.1. The SMILES string of the molecule is CC(C)(CC(=O)O)NC(=O)N1CCC2CCCCC2C1. The molecule has 2 N–H and O–H groups in total. The molecule has 0 aromatic heterocycles. The molecule has 2 amide bonds. The molecule has 5 nitrogen and oxygen atoms in total. The predicted molar refractivity (Wildman–Crippen MR) is 76.5 cm³/mol. The van der Waals surface area contributed by atoms with Gasteiger partial charge in [0.15, 0.2) is 0 Å². The van der Waals surface area contributed by atoms with E-state index in [2.05, 4.69) is 5.32 Å². The van der Waals surface area contributed by atoms with E-state index in [1.165, 1.54) is 25.7 Å². The Morgan fingerprint density at radius 3 is 2.50 bits per heavy atom. The quantitative estimate of drug-likeness (QED) is 0.835. The number of carbonyl (C=O) groups is 2. The van der Waals surface area contributed by atoms with Gasteiger partial charge >= 0.3 is 12.0 Å². The Hall–Kier alpha value is -1.26. The lowest BCUT2D eigenvalue weighted by atomic mass is 9.75. The number of carboxylic acids is 1. The fraction of sp³-hybridized carbons (Fsp3) is 0.867. The Morgan fingerprint density at radius 1 is 1.20 bits per heavy atom. The van der Waals surface area contributed by atoms with E-state index in [4.69, 9.17) is 5.11 Å². The Kier molecular flexibility index (Phi) is 4.55. The smallest absolute Gasteiger partial charge is 0.317 e. The summed E-state index contributed by atoms with van der Waals surface area (Å²) in [4.78, 5) is 25.0. The van der Waals surface area contributed by atoms with E-state index < -0.39 is 11.5 Å². The van der Waals surface area contributed by atoms with E-state index in [9.17, 15) is 9.59 Å². The van der Waals surface area contributed by atoms with Crippen molar-refractivity contribution < 1.29 is 14.7 Å². The van der Waals surface area contributed by atoms with Crippen LogP contribution in [-0.2, 0) is 4.79 Å². The topological polar surface area (TPSA) is 69.6 Å². The number of piperidine rings is 1. The van der Waals surface area contributed by atoms with Gasteiger partial charge in [0.05, 0.1) is 6.42 Å². The fourth-order valence-corrected chi connectivity index (χ4v) is 3.58. The summed E-state index contributed by atoms with van der Waals surface area (Å²) in [7, 11) is 0. The van der Waals surface area contributed by atoms with Gasteiger partial charge in [-0.05, 0) is 38.5 Å². The number of amides is 2. The zero-order chi connectivity index (χ0) is 14.8. The van der Waals surface area contributed by atoms with Crippen LogP contribution in [0.25, 0.3) is 0 Å². The van der Waals surface area contributed by atoms with E-state index in [0.717, 1.165) is 25.4 Å². The van der Waals surface area contributed by atoms with Crippen LogP contribution in [0.2, 0.25) is 0 Å². The van der Waals surface area contributed by atoms with Gasteiger partial charge in [-0.1, -0.05) is 19.3 Å². The molecule has 0 aromatic carbocycles. The van der Waals surface area contributed by atoms with E-state index in [0.29, 0.717) is 5.92 Å². The minimum Gasteiger partial charge on any atom is -0.481 e. The number of hydrogen-bond donors (Lipinski definition) is 2. The Morgan fingerprint density at radius 2 is 1.85 bits per heavy atom. The normalized spacial score (nSPS) is 26.8. The summed E-state index contributed by atoms with van der Waals surface area (Å²) >= 11 is 0. The average molecular weight is 282 g/mol. The molecule has 2 aliphatic rings. The van der Waals surface area contributed by atoms with Crippen LogP contribution in [0.3, 0.4) is 0 Å². The molecule has 0 spiro atoms. The average Bonchev–Trinajstić information content (AvgIpc) is 2.36. The van der Waals surface area contributed by atoms with Crippen molar-refractivity contribution in [2.24, 2.45) is 11.8 Å². The molecular weight excluding hydrogens is 256 g/mol. The molecule has 5 heteroatoms. The van der Waals surface area contributed by atoms with Crippen molar-refractivity contribution >= 4 is 12.0 Å². The molecule has 0 radical (unpaired) electrons. The van der Waals surface area contributed by atoms with Gasteiger partial charge in [-0.3, -0.25) is 4.79 Å². The zero-order valence-electron chi connectivity index (χ0n) is 12.5. The van der Waals surface area contributed by atoms with Crippen LogP contribution in [0.4, 0.5) is 4.79 Å². The number of carboxylic acid groups (broad SMARTS) is 1. The lowest BCUT2D eigenvalue weighted by Crippen LogP contribution is -2.54. The molecule has 1 aliphatic carbocycles. The minimum absolute atomic E-state index is 0.0569. The number of urea groups is 1. The number of carbonyl (C=O) groups excluding carboxylic acids is 1. The molecule has 2 unspecified atom stereocenters. The van der Waals surface area contributed by atoms with Gasteiger partial charge in [-0.15, -0.1) is 0 Å². The van der Waals surface area contributed by atoms with E-state index in [1.54, 1.807) is 13.8 Å². The molecular formula is C15H26N2O3. The summed E-state index contributed by atoms with van der Waals surface area (Å²) in [5.41, 5.74) is -0.702. The van der Waals surface area contributed by atoms with Gasteiger partial charge in [0.2, 0.25) is 0 Å². The highest BCUT2D eigenvalue weighted by Gasteiger charge is 2.34. The van der Waals surface area contributed by atoms with Crippen LogP contribution in [0.15, 0.2) is 0 Å². The van der Waals surface area contributed by atoms with Crippen LogP contribution in [-0.4, -0.2) is 40.6 Å². The summed E-state index contributed by atoms with van der Waals surface area (Å²) in [6.45, 7) is 5.15. The largest absolute Gasteiger partial charge is 0.481 e. The molecule has 2 atom stereocenters. The molecule has 1 saturated heterocycles. The number of fused-ring (bicyclic) bond motifs is 1. The van der Waals surface area contributed by atoms with E-state index in [1.807, 2.05) is 4.90 Å². The van der Waals surface area contributed by atoms with Crippen molar-refractivity contribution in [1.29, 1.82) is 0 Å². The third-order valence-corrected chi connectivity index (χ3v) is 4.62. The fourth-order valence-electron chi connectivity index (χ4n) is 3.58. The monoisotopic (exact) mass is 282 g/mol. The Labute approximate surface area is 120 Å². The summed E-state index contributed by atoms with van der Waals surface area (Å²) in [5.74, 6) is 0.548. The van der Waals surface area contributed by atoms with Crippen molar-refractivity contribution in [3.05, 3.63) is 0 Å². The van der Waals surface area contributed by atoms with Crippen LogP contribution in [0.5, 0.6) is 0 Å². The zero-order valence-corrected chi connectivity index (χ0v) is 12.5. The Balaban J connectivity index is 1.88. The van der Waals surface area contributed by atoms with Gasteiger partial charge in [-0.25, -0.2) is 4.79 Å². The van der Waals surface area contributed by atoms with Gasteiger partial charge in [-0.2, -0.15) is 0 Å². The molecule has 0 aromatic rings. The summed E-state index contributed by atoms with van der Waals surface area (Å²) in [6, 6.07) is -0.111. The number of nitrogens with one attached hydrogen (secondary N) is 1. The number of hydrogen-bond acceptors (Lipinski definition) is 2. The molecule has 0 bridgehead atoms. The van der Waals surface area contributed by atoms with E-state index >= 15 is 0 Å². The second-order valence-electron chi connectivity index (χ2n) is 6.92. The Bertz CT molecular complexity index is 381. The highest BCUT2D eigenvalue weighted by atomic mass is 16.4. The number of rotatable bonds is 3. The molecule has 114 valence electrons. The first-order valence-corrected chi connectivity index (χ1v) is 7.66. The minimum atomic E-state index is -0.888. The van der Waals surface area contributed by atoms with Crippen LogP contribution in [0, 0.1) is 11.8 Å². The van der Waals surface area contributed by atoms with E-state index in [-0.39, 0.29) is 12.5 Å². The lowest BCUT2D eigenvalue weighted by molar-refractivity contribution is -0.138. The van der Waals surface area contributed by atoms with Crippen molar-refractivity contribution in [1.82, 2.24) is 10.2 Å². The highest BCUT2D eigenvalue weighted by Crippen LogP contribution is 2.36. The maximum absolute atomic E-state index is 12.3. The molecule has 2 fully saturated rings. The molecule has 1 aliphatic heterocycles. The third kappa shape index (κ3) is 3.87. The first-order chi connectivity index (χ1) is 9.37. The molecule has 2 rings (SSSR count). The molecule has 20 heavy (non-hydrogen) atoms. The predicted octanol–water partition coefficient (Wildman–Crippen LogP) is 2.46. The number of likely N-dealkylation sites (tertiary alicyclic amines) is 1. The van der Waals surface area contributed by atoms with Crippen molar-refractivity contribution in [3.63, 3.8) is 0 Å². The van der Waals surface area contributed by atoms with Crippen molar-refractivity contribution in [2.45, 2.75) is 57.9 Å². The second-order valence-corrected chi connectivity index (χ2v) is 6.92. The number of aliphatic carboxylic acids is 1. The van der Waals surface area contributed by atoms with Crippen LogP contribution >= 0.6 is 0 Å².